The molecule has 1 amide bonds. The van der Waals surface area contributed by atoms with E-state index in [0.29, 0.717) is 19.6 Å². The third-order valence-corrected chi connectivity index (χ3v) is 3.27. The van der Waals surface area contributed by atoms with Gasteiger partial charge in [0, 0.05) is 5.69 Å². The van der Waals surface area contributed by atoms with Crippen molar-refractivity contribution < 1.29 is 22.1 Å². The Kier molecular flexibility index (Phi) is 4.06. The minimum Gasteiger partial charge on any atom is -0.447 e. The average molecular weight is 285 g/mol. The minimum absolute atomic E-state index is 0.0900. The smallest absolute Gasteiger partial charge is 0.414 e. The molecule has 1 saturated heterocycles. The number of nitrogens with zero attached hydrogens (tertiary/aromatic N) is 1. The van der Waals surface area contributed by atoms with Crippen molar-refractivity contribution in [2.75, 3.05) is 30.9 Å². The second-order valence-corrected chi connectivity index (χ2v) is 5.86. The van der Waals surface area contributed by atoms with Gasteiger partial charge in [0.05, 0.1) is 19.4 Å². The molecule has 0 saturated carbocycles. The molecular weight excluding hydrogens is 270 g/mol. The van der Waals surface area contributed by atoms with E-state index < -0.39 is 10.1 Å². The van der Waals surface area contributed by atoms with Crippen LogP contribution in [-0.4, -0.2) is 40.5 Å². The van der Waals surface area contributed by atoms with Gasteiger partial charge in [-0.05, 0) is 24.1 Å². The second kappa shape index (κ2) is 5.58. The highest BCUT2D eigenvalue weighted by atomic mass is 32.2. The van der Waals surface area contributed by atoms with Crippen LogP contribution in [0.3, 0.4) is 0 Å². The molecule has 0 aromatic heterocycles. The van der Waals surface area contributed by atoms with Crippen molar-refractivity contribution in [3.8, 4) is 0 Å². The number of benzene rings is 1. The Hall–Kier alpha value is -1.60. The van der Waals surface area contributed by atoms with Gasteiger partial charge in [0.2, 0.25) is 0 Å². The molecule has 1 aliphatic heterocycles. The number of hydrogen-bond donors (Lipinski definition) is 0. The maximum Gasteiger partial charge on any atom is 0.414 e. The minimum atomic E-state index is -3.41. The SMILES string of the molecule is CS(=O)(=O)OCCc1cccc(N2CCOC2=O)c1. The molecule has 0 aliphatic carbocycles. The van der Waals surface area contributed by atoms with Crippen LogP contribution < -0.4 is 4.90 Å². The topological polar surface area (TPSA) is 72.9 Å². The second-order valence-electron chi connectivity index (χ2n) is 4.21. The molecule has 1 aliphatic rings. The lowest BCUT2D eigenvalue weighted by Crippen LogP contribution is -2.23. The quantitative estimate of drug-likeness (QED) is 0.759. The van der Waals surface area contributed by atoms with Crippen molar-refractivity contribution in [1.29, 1.82) is 0 Å². The number of carbonyl (C=O) groups is 1. The normalized spacial score (nSPS) is 15.6. The average Bonchev–Trinajstić information content (AvgIpc) is 2.74. The summed E-state index contributed by atoms with van der Waals surface area (Å²) in [6.45, 7) is 1.01. The van der Waals surface area contributed by atoms with Gasteiger partial charge in [-0.2, -0.15) is 8.42 Å². The number of ether oxygens (including phenoxy) is 1. The molecule has 2 rings (SSSR count). The summed E-state index contributed by atoms with van der Waals surface area (Å²) in [4.78, 5) is 13.0. The molecule has 1 aromatic rings. The zero-order valence-corrected chi connectivity index (χ0v) is 11.4. The molecule has 0 spiro atoms. The third kappa shape index (κ3) is 3.93. The molecule has 7 heteroatoms. The summed E-state index contributed by atoms with van der Waals surface area (Å²) < 4.78 is 31.3. The molecule has 0 radical (unpaired) electrons. The highest BCUT2D eigenvalue weighted by Gasteiger charge is 2.23. The molecule has 0 unspecified atom stereocenters. The maximum absolute atomic E-state index is 11.4. The van der Waals surface area contributed by atoms with Crippen LogP contribution in [0.15, 0.2) is 24.3 Å². The van der Waals surface area contributed by atoms with Crippen LogP contribution in [0.25, 0.3) is 0 Å². The molecule has 0 N–H and O–H groups in total. The summed E-state index contributed by atoms with van der Waals surface area (Å²) in [7, 11) is -3.41. The van der Waals surface area contributed by atoms with E-state index in [-0.39, 0.29) is 12.7 Å². The number of anilines is 1. The van der Waals surface area contributed by atoms with Gasteiger partial charge in [0.25, 0.3) is 10.1 Å². The van der Waals surface area contributed by atoms with Gasteiger partial charge in [0.1, 0.15) is 6.61 Å². The van der Waals surface area contributed by atoms with E-state index in [2.05, 4.69) is 4.18 Å². The molecule has 1 heterocycles. The van der Waals surface area contributed by atoms with Gasteiger partial charge in [0.15, 0.2) is 0 Å². The Morgan fingerprint density at radius 2 is 2.21 bits per heavy atom. The van der Waals surface area contributed by atoms with Crippen molar-refractivity contribution in [2.24, 2.45) is 0 Å². The monoisotopic (exact) mass is 285 g/mol. The molecule has 1 fully saturated rings. The molecule has 6 nitrogen and oxygen atoms in total. The van der Waals surface area contributed by atoms with E-state index in [1.165, 1.54) is 0 Å². The highest BCUT2D eigenvalue weighted by Crippen LogP contribution is 2.20. The summed E-state index contributed by atoms with van der Waals surface area (Å²) in [5, 5.41) is 0. The molecule has 0 atom stereocenters. The third-order valence-electron chi connectivity index (χ3n) is 2.67. The van der Waals surface area contributed by atoms with E-state index in [0.717, 1.165) is 17.5 Å². The predicted octanol–water partition coefficient (Wildman–Crippen LogP) is 1.16. The first-order valence-corrected chi connectivity index (χ1v) is 7.65. The van der Waals surface area contributed by atoms with Crippen LogP contribution in [-0.2, 0) is 25.5 Å². The summed E-state index contributed by atoms with van der Waals surface area (Å²) >= 11 is 0. The molecule has 104 valence electrons. The van der Waals surface area contributed by atoms with Crippen LogP contribution in [0.4, 0.5) is 10.5 Å². The van der Waals surface area contributed by atoms with Crippen LogP contribution in [0.1, 0.15) is 5.56 Å². The van der Waals surface area contributed by atoms with Crippen LogP contribution in [0, 0.1) is 0 Å². The standard InChI is InChI=1S/C12H15NO5S/c1-19(15,16)18-7-5-10-3-2-4-11(9-10)13-6-8-17-12(13)14/h2-4,9H,5-8H2,1H3. The Bertz CT molecular complexity index is 569. The highest BCUT2D eigenvalue weighted by molar-refractivity contribution is 7.85. The van der Waals surface area contributed by atoms with Crippen molar-refractivity contribution in [3.05, 3.63) is 29.8 Å². The van der Waals surface area contributed by atoms with E-state index in [9.17, 15) is 13.2 Å². The van der Waals surface area contributed by atoms with Gasteiger partial charge in [-0.15, -0.1) is 0 Å². The fourth-order valence-corrected chi connectivity index (χ4v) is 2.20. The Balaban J connectivity index is 2.01. The van der Waals surface area contributed by atoms with E-state index in [4.69, 9.17) is 4.74 Å². The fourth-order valence-electron chi connectivity index (χ4n) is 1.82. The van der Waals surface area contributed by atoms with Gasteiger partial charge in [-0.25, -0.2) is 4.79 Å². The molecule has 19 heavy (non-hydrogen) atoms. The van der Waals surface area contributed by atoms with Gasteiger partial charge in [-0.1, -0.05) is 12.1 Å². The Morgan fingerprint density at radius 3 is 2.84 bits per heavy atom. The van der Waals surface area contributed by atoms with E-state index in [1.54, 1.807) is 4.90 Å². The number of hydrogen-bond acceptors (Lipinski definition) is 5. The van der Waals surface area contributed by atoms with Gasteiger partial charge >= 0.3 is 6.09 Å². The van der Waals surface area contributed by atoms with Crippen molar-refractivity contribution >= 4 is 21.9 Å². The zero-order chi connectivity index (χ0) is 13.9. The Labute approximate surface area is 112 Å². The number of amides is 1. The van der Waals surface area contributed by atoms with Crippen molar-refractivity contribution in [3.63, 3.8) is 0 Å². The summed E-state index contributed by atoms with van der Waals surface area (Å²) in [5.74, 6) is 0. The Morgan fingerprint density at radius 1 is 1.42 bits per heavy atom. The number of cyclic esters (lactones) is 1. The zero-order valence-electron chi connectivity index (χ0n) is 10.5. The number of carbonyl (C=O) groups excluding carboxylic acids is 1. The lowest BCUT2D eigenvalue weighted by molar-refractivity contribution is 0.181. The summed E-state index contributed by atoms with van der Waals surface area (Å²) in [6.07, 6.45) is 1.12. The molecule has 1 aromatic carbocycles. The largest absolute Gasteiger partial charge is 0.447 e. The van der Waals surface area contributed by atoms with Crippen LogP contribution in [0.5, 0.6) is 0 Å². The first kappa shape index (κ1) is 13.8. The predicted molar refractivity (Wildman–Crippen MR) is 69.6 cm³/mol. The van der Waals surface area contributed by atoms with E-state index >= 15 is 0 Å². The van der Waals surface area contributed by atoms with Crippen LogP contribution in [0.2, 0.25) is 0 Å². The lowest BCUT2D eigenvalue weighted by Gasteiger charge is -2.13. The van der Waals surface area contributed by atoms with Crippen LogP contribution >= 0.6 is 0 Å². The fraction of sp³-hybridized carbons (Fsp3) is 0.417. The summed E-state index contributed by atoms with van der Waals surface area (Å²) in [6, 6.07) is 7.32. The lowest BCUT2D eigenvalue weighted by atomic mass is 10.1. The summed E-state index contributed by atoms with van der Waals surface area (Å²) in [5.41, 5.74) is 1.65. The van der Waals surface area contributed by atoms with Crippen molar-refractivity contribution in [2.45, 2.75) is 6.42 Å². The van der Waals surface area contributed by atoms with Gasteiger partial charge in [-0.3, -0.25) is 9.08 Å². The molecular formula is C12H15NO5S. The van der Waals surface area contributed by atoms with Crippen molar-refractivity contribution in [1.82, 2.24) is 0 Å². The first-order valence-electron chi connectivity index (χ1n) is 5.83. The van der Waals surface area contributed by atoms with E-state index in [1.807, 2.05) is 24.3 Å². The number of rotatable bonds is 5. The molecule has 0 bridgehead atoms. The first-order chi connectivity index (χ1) is 8.96. The maximum atomic E-state index is 11.4. The van der Waals surface area contributed by atoms with Gasteiger partial charge < -0.3 is 4.74 Å².